The number of thioether (sulfide) groups is 1. The van der Waals surface area contributed by atoms with Crippen molar-refractivity contribution in [2.45, 2.75) is 26.4 Å². The number of aliphatic imine (C=N–C) groups is 1. The third kappa shape index (κ3) is 6.88. The maximum absolute atomic E-state index is 4.77. The van der Waals surface area contributed by atoms with E-state index >= 15 is 0 Å². The Morgan fingerprint density at radius 3 is 2.39 bits per heavy atom. The lowest BCUT2D eigenvalue weighted by atomic mass is 10.1. The van der Waals surface area contributed by atoms with E-state index in [-0.39, 0.29) is 30.0 Å². The molecule has 3 rings (SSSR count). The van der Waals surface area contributed by atoms with Crippen LogP contribution in [0.1, 0.15) is 31.0 Å². The van der Waals surface area contributed by atoms with Crippen LogP contribution in [0.25, 0.3) is 0 Å². The highest BCUT2D eigenvalue weighted by Crippen LogP contribution is 2.20. The number of hydrogen-bond donors (Lipinski definition) is 2. The monoisotopic (exact) mass is 510 g/mol. The van der Waals surface area contributed by atoms with Crippen LogP contribution in [0, 0.1) is 0 Å². The van der Waals surface area contributed by atoms with Crippen molar-refractivity contribution in [3.05, 3.63) is 65.7 Å². The van der Waals surface area contributed by atoms with Gasteiger partial charge in [0.1, 0.15) is 0 Å². The summed E-state index contributed by atoms with van der Waals surface area (Å²) in [4.78, 5) is 7.24. The Morgan fingerprint density at radius 2 is 1.75 bits per heavy atom. The Kier molecular flexibility index (Phi) is 9.98. The van der Waals surface area contributed by atoms with Gasteiger partial charge in [-0.05, 0) is 37.1 Å². The highest BCUT2D eigenvalue weighted by Gasteiger charge is 2.11. The van der Waals surface area contributed by atoms with Crippen LogP contribution in [-0.2, 0) is 6.54 Å². The Labute approximate surface area is 190 Å². The Hall–Kier alpha value is -1.41. The van der Waals surface area contributed by atoms with Gasteiger partial charge in [0.05, 0.1) is 12.6 Å². The van der Waals surface area contributed by atoms with Gasteiger partial charge in [-0.1, -0.05) is 42.5 Å². The molecule has 2 aromatic carbocycles. The molecule has 1 aliphatic rings. The fourth-order valence-corrected chi connectivity index (χ4v) is 4.06. The Balaban J connectivity index is 0.00000280. The summed E-state index contributed by atoms with van der Waals surface area (Å²) in [5, 5.41) is 6.84. The fraction of sp³-hybridized carbons (Fsp3) is 0.409. The summed E-state index contributed by atoms with van der Waals surface area (Å²) < 4.78 is 0. The van der Waals surface area contributed by atoms with Crippen molar-refractivity contribution in [3.8, 4) is 0 Å². The van der Waals surface area contributed by atoms with E-state index in [0.717, 1.165) is 25.6 Å². The zero-order valence-corrected chi connectivity index (χ0v) is 19.9. The summed E-state index contributed by atoms with van der Waals surface area (Å²) in [6.07, 6.45) is 0. The van der Waals surface area contributed by atoms with Gasteiger partial charge in [-0.25, -0.2) is 4.99 Å². The summed E-state index contributed by atoms with van der Waals surface area (Å²) >= 11 is 2.04. The lowest BCUT2D eigenvalue weighted by Gasteiger charge is -2.28. The van der Waals surface area contributed by atoms with Crippen LogP contribution in [0.4, 0.5) is 5.69 Å². The number of hydrogen-bond acceptors (Lipinski definition) is 3. The molecule has 6 heteroatoms. The topological polar surface area (TPSA) is 39.7 Å². The first kappa shape index (κ1) is 22.9. The molecule has 2 aromatic rings. The van der Waals surface area contributed by atoms with E-state index in [1.165, 1.54) is 28.3 Å². The quantitative estimate of drug-likeness (QED) is 0.337. The fourth-order valence-electron chi connectivity index (χ4n) is 3.15. The van der Waals surface area contributed by atoms with Gasteiger partial charge in [-0.3, -0.25) is 0 Å². The van der Waals surface area contributed by atoms with Crippen LogP contribution < -0.4 is 15.5 Å². The molecule has 0 spiro atoms. The summed E-state index contributed by atoms with van der Waals surface area (Å²) in [5.74, 6) is 3.30. The van der Waals surface area contributed by atoms with E-state index in [1.807, 2.05) is 17.8 Å². The molecule has 1 saturated heterocycles. The molecule has 1 unspecified atom stereocenters. The first-order chi connectivity index (χ1) is 13.3. The number of benzene rings is 2. The standard InChI is InChI=1S/C22H30N4S.HI/c1-3-23-22(25-18(2)20-7-5-4-6-8-20)24-17-19-9-11-21(12-10-19)26-13-15-27-16-14-26;/h4-12,18H,3,13-17H2,1-2H3,(H2,23,24,25);1H. The molecule has 1 heterocycles. The molecular formula is C22H31IN4S. The molecular weight excluding hydrogens is 479 g/mol. The largest absolute Gasteiger partial charge is 0.370 e. The molecule has 0 aliphatic carbocycles. The summed E-state index contributed by atoms with van der Waals surface area (Å²) in [6.45, 7) is 8.07. The molecule has 0 radical (unpaired) electrons. The highest BCUT2D eigenvalue weighted by molar-refractivity contribution is 14.0. The smallest absolute Gasteiger partial charge is 0.192 e. The maximum atomic E-state index is 4.77. The first-order valence-electron chi connectivity index (χ1n) is 9.77. The van der Waals surface area contributed by atoms with Crippen molar-refractivity contribution < 1.29 is 0 Å². The van der Waals surface area contributed by atoms with Gasteiger partial charge in [-0.2, -0.15) is 11.8 Å². The number of halogens is 1. The van der Waals surface area contributed by atoms with Gasteiger partial charge < -0.3 is 15.5 Å². The zero-order valence-electron chi connectivity index (χ0n) is 16.7. The van der Waals surface area contributed by atoms with Gasteiger partial charge in [-0.15, -0.1) is 24.0 Å². The number of nitrogens with zero attached hydrogens (tertiary/aromatic N) is 2. The van der Waals surface area contributed by atoms with Crippen LogP contribution in [0.5, 0.6) is 0 Å². The van der Waals surface area contributed by atoms with Gasteiger partial charge in [0, 0.05) is 36.8 Å². The molecule has 1 fully saturated rings. The van der Waals surface area contributed by atoms with Crippen LogP contribution in [0.3, 0.4) is 0 Å². The summed E-state index contributed by atoms with van der Waals surface area (Å²) in [5.41, 5.74) is 3.81. The predicted molar refractivity (Wildman–Crippen MR) is 134 cm³/mol. The molecule has 0 amide bonds. The average Bonchev–Trinajstić information content (AvgIpc) is 2.74. The van der Waals surface area contributed by atoms with Crippen molar-refractivity contribution >= 4 is 47.4 Å². The van der Waals surface area contributed by atoms with Crippen molar-refractivity contribution in [2.24, 2.45) is 4.99 Å². The third-order valence-electron chi connectivity index (χ3n) is 4.73. The van der Waals surface area contributed by atoms with E-state index in [9.17, 15) is 0 Å². The van der Waals surface area contributed by atoms with Crippen molar-refractivity contribution in [2.75, 3.05) is 36.0 Å². The minimum atomic E-state index is 0. The molecule has 28 heavy (non-hydrogen) atoms. The molecule has 0 aromatic heterocycles. The van der Waals surface area contributed by atoms with E-state index < -0.39 is 0 Å². The molecule has 0 bridgehead atoms. The highest BCUT2D eigenvalue weighted by atomic mass is 127. The van der Waals surface area contributed by atoms with Crippen LogP contribution >= 0.6 is 35.7 Å². The van der Waals surface area contributed by atoms with E-state index in [2.05, 4.69) is 77.9 Å². The lowest BCUT2D eigenvalue weighted by Crippen LogP contribution is -2.38. The Bertz CT molecular complexity index is 715. The van der Waals surface area contributed by atoms with Crippen LogP contribution in [0.2, 0.25) is 0 Å². The first-order valence-corrected chi connectivity index (χ1v) is 10.9. The van der Waals surface area contributed by atoms with E-state index in [1.54, 1.807) is 0 Å². The number of nitrogens with one attached hydrogen (secondary N) is 2. The SMILES string of the molecule is CCNC(=NCc1ccc(N2CCSCC2)cc1)NC(C)c1ccccc1.I. The molecule has 1 aliphatic heterocycles. The zero-order chi connectivity index (χ0) is 18.9. The number of guanidine groups is 1. The molecule has 4 nitrogen and oxygen atoms in total. The van der Waals surface area contributed by atoms with Gasteiger partial charge in [0.2, 0.25) is 0 Å². The predicted octanol–water partition coefficient (Wildman–Crippen LogP) is 4.67. The summed E-state index contributed by atoms with van der Waals surface area (Å²) in [6, 6.07) is 19.5. The van der Waals surface area contributed by atoms with Crippen molar-refractivity contribution in [1.29, 1.82) is 0 Å². The Morgan fingerprint density at radius 1 is 1.07 bits per heavy atom. The second-order valence-corrected chi connectivity index (χ2v) is 7.96. The van der Waals surface area contributed by atoms with Gasteiger partial charge in [0.25, 0.3) is 0 Å². The summed E-state index contributed by atoms with van der Waals surface area (Å²) in [7, 11) is 0. The third-order valence-corrected chi connectivity index (χ3v) is 5.67. The van der Waals surface area contributed by atoms with Crippen LogP contribution in [-0.4, -0.2) is 37.1 Å². The van der Waals surface area contributed by atoms with Gasteiger partial charge in [0.15, 0.2) is 5.96 Å². The van der Waals surface area contributed by atoms with Crippen LogP contribution in [0.15, 0.2) is 59.6 Å². The second kappa shape index (κ2) is 12.2. The molecule has 1 atom stereocenters. The molecule has 0 saturated carbocycles. The van der Waals surface area contributed by atoms with Gasteiger partial charge >= 0.3 is 0 Å². The molecule has 2 N–H and O–H groups in total. The average molecular weight is 510 g/mol. The number of anilines is 1. The number of rotatable bonds is 6. The lowest BCUT2D eigenvalue weighted by molar-refractivity contribution is 0.686. The minimum Gasteiger partial charge on any atom is -0.370 e. The minimum absolute atomic E-state index is 0. The van der Waals surface area contributed by atoms with E-state index in [0.29, 0.717) is 6.54 Å². The second-order valence-electron chi connectivity index (χ2n) is 6.74. The normalized spacial score (nSPS) is 15.5. The maximum Gasteiger partial charge on any atom is 0.192 e. The van der Waals surface area contributed by atoms with E-state index in [4.69, 9.17) is 4.99 Å². The molecule has 152 valence electrons. The van der Waals surface area contributed by atoms with Crippen molar-refractivity contribution in [3.63, 3.8) is 0 Å². The van der Waals surface area contributed by atoms with Crippen molar-refractivity contribution in [1.82, 2.24) is 10.6 Å².